The first kappa shape index (κ1) is 26.0. The fourth-order valence-corrected chi connectivity index (χ4v) is 2.98. The highest BCUT2D eigenvalue weighted by Crippen LogP contribution is 2.08. The maximum Gasteiger partial charge on any atom is 0.223 e. The Balaban J connectivity index is 0.00000676. The van der Waals surface area contributed by atoms with Crippen molar-refractivity contribution >= 4 is 36.2 Å². The number of nitrogens with two attached hydrogens (primary N) is 1. The van der Waals surface area contributed by atoms with Crippen molar-refractivity contribution in [3.63, 3.8) is 0 Å². The molecule has 27 heavy (non-hydrogen) atoms. The molecule has 0 spiro atoms. The summed E-state index contributed by atoms with van der Waals surface area (Å²) in [5.41, 5.74) is 7.68. The molecular weight excluding hydrogens is 384 g/mol. The van der Waals surface area contributed by atoms with Crippen LogP contribution >= 0.6 is 24.2 Å². The Morgan fingerprint density at radius 1 is 1.26 bits per heavy atom. The van der Waals surface area contributed by atoms with Crippen LogP contribution in [-0.4, -0.2) is 50.3 Å². The molecule has 5 nitrogen and oxygen atoms in total. The van der Waals surface area contributed by atoms with Crippen LogP contribution in [0, 0.1) is 5.92 Å². The van der Waals surface area contributed by atoms with Crippen LogP contribution in [0.2, 0.25) is 0 Å². The van der Waals surface area contributed by atoms with Gasteiger partial charge in [0.2, 0.25) is 5.91 Å². The number of carbonyl (C=O) groups excluding carboxylic acids is 1. The SMILES string of the molecule is C=Cc1ccc(COCCOCCCNC(=O)C(C)CSCCN)cc1.Cl. The molecule has 3 N–H and O–H groups in total. The molecule has 0 saturated carbocycles. The van der Waals surface area contributed by atoms with Gasteiger partial charge in [-0.25, -0.2) is 0 Å². The van der Waals surface area contributed by atoms with Crippen LogP contribution in [0.1, 0.15) is 24.5 Å². The zero-order valence-electron chi connectivity index (χ0n) is 16.2. The molecule has 1 aromatic rings. The molecule has 0 aromatic heterocycles. The average molecular weight is 417 g/mol. The van der Waals surface area contributed by atoms with Crippen LogP contribution in [0.3, 0.4) is 0 Å². The van der Waals surface area contributed by atoms with Crippen LogP contribution in [0.25, 0.3) is 6.08 Å². The zero-order valence-corrected chi connectivity index (χ0v) is 17.8. The third-order valence-electron chi connectivity index (χ3n) is 3.70. The molecule has 7 heteroatoms. The van der Waals surface area contributed by atoms with E-state index in [9.17, 15) is 4.79 Å². The Bertz CT molecular complexity index is 514. The van der Waals surface area contributed by atoms with Gasteiger partial charge in [0.15, 0.2) is 0 Å². The van der Waals surface area contributed by atoms with Gasteiger partial charge >= 0.3 is 0 Å². The van der Waals surface area contributed by atoms with E-state index in [1.807, 2.05) is 37.3 Å². The van der Waals surface area contributed by atoms with Crippen molar-refractivity contribution in [2.45, 2.75) is 20.0 Å². The lowest BCUT2D eigenvalue weighted by Gasteiger charge is -2.11. The van der Waals surface area contributed by atoms with E-state index in [0.29, 0.717) is 39.5 Å². The predicted octanol–water partition coefficient (Wildman–Crippen LogP) is 3.12. The van der Waals surface area contributed by atoms with Crippen LogP contribution in [0.4, 0.5) is 0 Å². The van der Waals surface area contributed by atoms with E-state index >= 15 is 0 Å². The highest BCUT2D eigenvalue weighted by molar-refractivity contribution is 7.99. The molecule has 0 aliphatic carbocycles. The van der Waals surface area contributed by atoms with E-state index in [1.165, 1.54) is 0 Å². The number of halogens is 1. The molecule has 154 valence electrons. The molecule has 0 saturated heterocycles. The van der Waals surface area contributed by atoms with E-state index in [2.05, 4.69) is 11.9 Å². The Morgan fingerprint density at radius 2 is 1.96 bits per heavy atom. The number of hydrogen-bond donors (Lipinski definition) is 2. The number of nitrogens with one attached hydrogen (secondary N) is 1. The van der Waals surface area contributed by atoms with E-state index in [4.69, 9.17) is 15.2 Å². The van der Waals surface area contributed by atoms with E-state index in [-0.39, 0.29) is 24.2 Å². The van der Waals surface area contributed by atoms with Crippen LogP contribution in [0.15, 0.2) is 30.8 Å². The lowest BCUT2D eigenvalue weighted by molar-refractivity contribution is -0.123. The Hall–Kier alpha value is -1.05. The van der Waals surface area contributed by atoms with Gasteiger partial charge in [0, 0.05) is 37.1 Å². The summed E-state index contributed by atoms with van der Waals surface area (Å²) >= 11 is 1.72. The van der Waals surface area contributed by atoms with E-state index in [1.54, 1.807) is 11.8 Å². The zero-order chi connectivity index (χ0) is 19.0. The molecule has 0 aliphatic rings. The molecule has 1 atom stereocenters. The summed E-state index contributed by atoms with van der Waals surface area (Å²) in [5.74, 6) is 1.82. The van der Waals surface area contributed by atoms with Gasteiger partial charge in [-0.05, 0) is 17.5 Å². The number of hydrogen-bond acceptors (Lipinski definition) is 5. The van der Waals surface area contributed by atoms with Crippen molar-refractivity contribution in [1.29, 1.82) is 0 Å². The normalized spacial score (nSPS) is 11.5. The third-order valence-corrected chi connectivity index (χ3v) is 4.96. The van der Waals surface area contributed by atoms with E-state index in [0.717, 1.165) is 29.1 Å². The van der Waals surface area contributed by atoms with Gasteiger partial charge in [-0.15, -0.1) is 12.4 Å². The monoisotopic (exact) mass is 416 g/mol. The van der Waals surface area contributed by atoms with Gasteiger partial charge in [-0.1, -0.05) is 43.8 Å². The summed E-state index contributed by atoms with van der Waals surface area (Å²) in [7, 11) is 0. The molecule has 0 bridgehead atoms. The predicted molar refractivity (Wildman–Crippen MR) is 117 cm³/mol. The number of benzene rings is 1. The van der Waals surface area contributed by atoms with Gasteiger partial charge in [-0.3, -0.25) is 4.79 Å². The smallest absolute Gasteiger partial charge is 0.223 e. The van der Waals surface area contributed by atoms with Gasteiger partial charge in [0.05, 0.1) is 19.8 Å². The highest BCUT2D eigenvalue weighted by Gasteiger charge is 2.11. The number of thioether (sulfide) groups is 1. The van der Waals surface area contributed by atoms with Crippen LogP contribution < -0.4 is 11.1 Å². The number of carbonyl (C=O) groups is 1. The third kappa shape index (κ3) is 12.9. The molecule has 1 unspecified atom stereocenters. The summed E-state index contributed by atoms with van der Waals surface area (Å²) in [6.45, 7) is 9.29. The summed E-state index contributed by atoms with van der Waals surface area (Å²) in [6, 6.07) is 8.12. The fourth-order valence-electron chi connectivity index (χ4n) is 2.14. The summed E-state index contributed by atoms with van der Waals surface area (Å²) in [6.07, 6.45) is 2.62. The molecule has 1 rings (SSSR count). The van der Waals surface area contributed by atoms with Gasteiger partial charge in [0.1, 0.15) is 0 Å². The fraction of sp³-hybridized carbons (Fsp3) is 0.550. The van der Waals surface area contributed by atoms with Gasteiger partial charge < -0.3 is 20.5 Å². The quantitative estimate of drug-likeness (QED) is 0.430. The largest absolute Gasteiger partial charge is 0.379 e. The topological polar surface area (TPSA) is 73.6 Å². The minimum atomic E-state index is 0. The number of amides is 1. The lowest BCUT2D eigenvalue weighted by atomic mass is 10.1. The van der Waals surface area contributed by atoms with Gasteiger partial charge in [-0.2, -0.15) is 11.8 Å². The van der Waals surface area contributed by atoms with Crippen molar-refractivity contribution in [3.05, 3.63) is 42.0 Å². The maximum absolute atomic E-state index is 11.9. The van der Waals surface area contributed by atoms with Crippen LogP contribution in [-0.2, 0) is 20.9 Å². The van der Waals surface area contributed by atoms with Crippen molar-refractivity contribution in [2.24, 2.45) is 11.7 Å². The van der Waals surface area contributed by atoms with Crippen molar-refractivity contribution in [3.8, 4) is 0 Å². The number of rotatable bonds is 15. The molecule has 0 radical (unpaired) electrons. The maximum atomic E-state index is 11.9. The Kier molecular flexibility index (Phi) is 16.4. The molecule has 0 fully saturated rings. The first-order chi connectivity index (χ1) is 12.7. The summed E-state index contributed by atoms with van der Waals surface area (Å²) in [4.78, 5) is 11.9. The summed E-state index contributed by atoms with van der Waals surface area (Å²) < 4.78 is 11.1. The summed E-state index contributed by atoms with van der Waals surface area (Å²) in [5, 5.41) is 2.94. The first-order valence-electron chi connectivity index (χ1n) is 9.09. The van der Waals surface area contributed by atoms with Crippen molar-refractivity contribution in [2.75, 3.05) is 44.4 Å². The van der Waals surface area contributed by atoms with Crippen LogP contribution in [0.5, 0.6) is 0 Å². The highest BCUT2D eigenvalue weighted by atomic mass is 35.5. The molecule has 0 heterocycles. The molecule has 0 aliphatic heterocycles. The van der Waals surface area contributed by atoms with Crippen molar-refractivity contribution < 1.29 is 14.3 Å². The molecular formula is C20H33ClN2O3S. The van der Waals surface area contributed by atoms with Gasteiger partial charge in [0.25, 0.3) is 0 Å². The first-order valence-corrected chi connectivity index (χ1v) is 10.2. The van der Waals surface area contributed by atoms with Crippen molar-refractivity contribution in [1.82, 2.24) is 5.32 Å². The Labute approximate surface area is 173 Å². The number of ether oxygens (including phenoxy) is 2. The second kappa shape index (κ2) is 17.1. The van der Waals surface area contributed by atoms with E-state index < -0.39 is 0 Å². The Morgan fingerprint density at radius 3 is 2.63 bits per heavy atom. The lowest BCUT2D eigenvalue weighted by Crippen LogP contribution is -2.31. The minimum Gasteiger partial charge on any atom is -0.379 e. The molecule has 1 amide bonds. The minimum absolute atomic E-state index is 0. The average Bonchev–Trinajstić information content (AvgIpc) is 2.67. The standard InChI is InChI=1S/C20H32N2O3S.ClH/c1-3-18-5-7-19(8-6-18)15-25-13-12-24-11-4-10-22-20(23)17(2)16-26-14-9-21;/h3,5-8,17H,1,4,9-16,21H2,2H3,(H,22,23);1H. The second-order valence-electron chi connectivity index (χ2n) is 6.02. The molecule has 1 aromatic carbocycles. The second-order valence-corrected chi connectivity index (χ2v) is 7.17.